The number of carbonyl (C=O) groups excluding carboxylic acids is 1. The van der Waals surface area contributed by atoms with Gasteiger partial charge in [0.15, 0.2) is 0 Å². The van der Waals surface area contributed by atoms with Crippen LogP contribution in [0, 0.1) is 13.8 Å². The predicted molar refractivity (Wildman–Crippen MR) is 111 cm³/mol. The van der Waals surface area contributed by atoms with Gasteiger partial charge in [-0.05, 0) is 68.3 Å². The highest BCUT2D eigenvalue weighted by atomic mass is 35.5. The van der Waals surface area contributed by atoms with Gasteiger partial charge in [-0.25, -0.2) is 8.42 Å². The van der Waals surface area contributed by atoms with Crippen molar-refractivity contribution in [1.82, 2.24) is 5.32 Å². The van der Waals surface area contributed by atoms with E-state index in [-0.39, 0.29) is 17.5 Å². The molecule has 0 fully saturated rings. The summed E-state index contributed by atoms with van der Waals surface area (Å²) in [6.07, 6.45) is 0. The zero-order valence-corrected chi connectivity index (χ0v) is 18.0. The molecule has 2 aromatic rings. The van der Waals surface area contributed by atoms with Crippen molar-refractivity contribution in [1.29, 1.82) is 0 Å². The Balaban J connectivity index is 2.42. The van der Waals surface area contributed by atoms with E-state index in [1.54, 1.807) is 19.1 Å². The normalized spacial score (nSPS) is 12.5. The molecule has 1 N–H and O–H groups in total. The molecule has 0 aliphatic heterocycles. The molecule has 0 saturated heterocycles. The number of carbonyl (C=O) groups is 1. The first kappa shape index (κ1) is 22.2. The van der Waals surface area contributed by atoms with Crippen molar-refractivity contribution in [2.75, 3.05) is 24.6 Å². The minimum absolute atomic E-state index is 0.0628. The zero-order chi connectivity index (χ0) is 20.9. The molecule has 1 amide bonds. The first-order chi connectivity index (χ1) is 13.1. The van der Waals surface area contributed by atoms with Crippen molar-refractivity contribution in [3.8, 4) is 0 Å². The maximum absolute atomic E-state index is 13.3. The van der Waals surface area contributed by atoms with Crippen molar-refractivity contribution >= 4 is 33.2 Å². The number of rotatable bonds is 8. The summed E-state index contributed by atoms with van der Waals surface area (Å²) >= 11 is 5.88. The van der Waals surface area contributed by atoms with Crippen molar-refractivity contribution in [2.45, 2.75) is 31.7 Å². The number of benzene rings is 2. The second kappa shape index (κ2) is 9.41. The van der Waals surface area contributed by atoms with Crippen LogP contribution in [0.4, 0.5) is 5.69 Å². The van der Waals surface area contributed by atoms with Crippen LogP contribution in [-0.4, -0.2) is 40.6 Å². The van der Waals surface area contributed by atoms with Crippen LogP contribution in [0.5, 0.6) is 0 Å². The van der Waals surface area contributed by atoms with E-state index in [2.05, 4.69) is 5.32 Å². The molecule has 0 bridgehead atoms. The van der Waals surface area contributed by atoms with Crippen molar-refractivity contribution in [3.05, 3.63) is 58.6 Å². The van der Waals surface area contributed by atoms with Gasteiger partial charge in [0.2, 0.25) is 5.91 Å². The molecule has 0 aliphatic rings. The largest absolute Gasteiger partial charge is 0.383 e. The smallest absolute Gasteiger partial charge is 0.264 e. The molecule has 0 spiro atoms. The molecule has 0 saturated carbocycles. The summed E-state index contributed by atoms with van der Waals surface area (Å²) in [5, 5.41) is 3.18. The summed E-state index contributed by atoms with van der Waals surface area (Å²) in [4.78, 5) is 12.6. The third-order valence-corrected chi connectivity index (χ3v) is 6.33. The highest BCUT2D eigenvalue weighted by Crippen LogP contribution is 2.26. The van der Waals surface area contributed by atoms with Gasteiger partial charge in [-0.2, -0.15) is 0 Å². The minimum Gasteiger partial charge on any atom is -0.383 e. The molecule has 8 heteroatoms. The summed E-state index contributed by atoms with van der Waals surface area (Å²) in [6.45, 7) is 5.61. The van der Waals surface area contributed by atoms with E-state index < -0.39 is 15.9 Å². The topological polar surface area (TPSA) is 75.7 Å². The van der Waals surface area contributed by atoms with Gasteiger partial charge in [-0.1, -0.05) is 17.7 Å². The van der Waals surface area contributed by atoms with Crippen LogP contribution in [0.2, 0.25) is 5.02 Å². The number of hydrogen-bond acceptors (Lipinski definition) is 4. The minimum atomic E-state index is -3.96. The van der Waals surface area contributed by atoms with Crippen LogP contribution in [-0.2, 0) is 19.6 Å². The Labute approximate surface area is 171 Å². The van der Waals surface area contributed by atoms with E-state index in [0.717, 1.165) is 15.4 Å². The number of nitrogens with one attached hydrogen (secondary N) is 1. The Bertz CT molecular complexity index is 930. The molecular formula is C20H25ClN2O4S. The number of nitrogens with zero attached hydrogens (tertiary/aromatic N) is 1. The molecule has 2 aromatic carbocycles. The van der Waals surface area contributed by atoms with Crippen LogP contribution >= 0.6 is 11.6 Å². The maximum Gasteiger partial charge on any atom is 0.264 e. The molecule has 1 atom stereocenters. The third-order valence-electron chi connectivity index (χ3n) is 4.29. The van der Waals surface area contributed by atoms with E-state index in [0.29, 0.717) is 17.3 Å². The predicted octanol–water partition coefficient (Wildman–Crippen LogP) is 3.30. The molecular weight excluding hydrogens is 400 g/mol. The van der Waals surface area contributed by atoms with Gasteiger partial charge in [-0.15, -0.1) is 0 Å². The first-order valence-corrected chi connectivity index (χ1v) is 10.6. The third kappa shape index (κ3) is 5.47. The van der Waals surface area contributed by atoms with Crippen molar-refractivity contribution < 1.29 is 17.9 Å². The van der Waals surface area contributed by atoms with Crippen LogP contribution in [0.1, 0.15) is 18.1 Å². The average molecular weight is 425 g/mol. The Morgan fingerprint density at radius 3 is 2.36 bits per heavy atom. The fourth-order valence-electron chi connectivity index (χ4n) is 2.67. The monoisotopic (exact) mass is 424 g/mol. The fraction of sp³-hybridized carbons (Fsp3) is 0.350. The van der Waals surface area contributed by atoms with E-state index >= 15 is 0 Å². The molecule has 0 aromatic heterocycles. The van der Waals surface area contributed by atoms with Gasteiger partial charge in [-0.3, -0.25) is 9.10 Å². The number of ether oxygens (including phenoxy) is 1. The lowest BCUT2D eigenvalue weighted by Gasteiger charge is -2.25. The summed E-state index contributed by atoms with van der Waals surface area (Å²) in [5.74, 6) is -0.416. The lowest BCUT2D eigenvalue weighted by molar-refractivity contribution is -0.120. The summed E-state index contributed by atoms with van der Waals surface area (Å²) in [5.41, 5.74) is 2.39. The van der Waals surface area contributed by atoms with Crippen LogP contribution in [0.25, 0.3) is 0 Å². The molecule has 0 heterocycles. The van der Waals surface area contributed by atoms with Crippen molar-refractivity contribution in [3.63, 3.8) is 0 Å². The number of halogens is 1. The average Bonchev–Trinajstić information content (AvgIpc) is 2.62. The quantitative estimate of drug-likeness (QED) is 0.705. The highest BCUT2D eigenvalue weighted by Gasteiger charge is 2.27. The Kier molecular flexibility index (Phi) is 7.46. The molecule has 0 unspecified atom stereocenters. The standard InChI is InChI=1S/C20H25ClN2O4S/c1-14-5-8-18(11-15(14)2)23(12-20(24)22-16(3)13-27-4)28(25,26)19-9-6-17(21)7-10-19/h5-11,16H,12-13H2,1-4H3,(H,22,24)/t16-/m0/s1. The fourth-order valence-corrected chi connectivity index (χ4v) is 4.21. The van der Waals surface area contributed by atoms with Gasteiger partial charge >= 0.3 is 0 Å². The van der Waals surface area contributed by atoms with Gasteiger partial charge < -0.3 is 10.1 Å². The zero-order valence-electron chi connectivity index (χ0n) is 16.4. The molecule has 2 rings (SSSR count). The van der Waals surface area contributed by atoms with Gasteiger partial charge in [0.25, 0.3) is 10.0 Å². The van der Waals surface area contributed by atoms with Gasteiger partial charge in [0.05, 0.1) is 17.2 Å². The summed E-state index contributed by atoms with van der Waals surface area (Å²) in [6, 6.07) is 10.9. The van der Waals surface area contributed by atoms with E-state index in [9.17, 15) is 13.2 Å². The molecule has 6 nitrogen and oxygen atoms in total. The van der Waals surface area contributed by atoms with Crippen LogP contribution in [0.15, 0.2) is 47.4 Å². The van der Waals surface area contributed by atoms with Gasteiger partial charge in [0, 0.05) is 18.2 Å². The Morgan fingerprint density at radius 2 is 1.79 bits per heavy atom. The van der Waals surface area contributed by atoms with Crippen LogP contribution < -0.4 is 9.62 Å². The SMILES string of the molecule is COC[C@H](C)NC(=O)CN(c1ccc(C)c(C)c1)S(=O)(=O)c1ccc(Cl)cc1. The molecule has 0 radical (unpaired) electrons. The summed E-state index contributed by atoms with van der Waals surface area (Å²) in [7, 11) is -2.42. The van der Waals surface area contributed by atoms with E-state index in [1.165, 1.54) is 31.4 Å². The number of hydrogen-bond donors (Lipinski definition) is 1. The molecule has 0 aliphatic carbocycles. The Hall–Kier alpha value is -2.09. The highest BCUT2D eigenvalue weighted by molar-refractivity contribution is 7.92. The lowest BCUT2D eigenvalue weighted by atomic mass is 10.1. The van der Waals surface area contributed by atoms with Gasteiger partial charge in [0.1, 0.15) is 6.54 Å². The summed E-state index contributed by atoms with van der Waals surface area (Å²) < 4.78 is 32.7. The lowest BCUT2D eigenvalue weighted by Crippen LogP contribution is -2.44. The number of sulfonamides is 1. The molecule has 28 heavy (non-hydrogen) atoms. The molecule has 152 valence electrons. The number of methoxy groups -OCH3 is 1. The Morgan fingerprint density at radius 1 is 1.14 bits per heavy atom. The number of aryl methyl sites for hydroxylation is 2. The van der Waals surface area contributed by atoms with Crippen LogP contribution in [0.3, 0.4) is 0 Å². The van der Waals surface area contributed by atoms with Crippen molar-refractivity contribution in [2.24, 2.45) is 0 Å². The second-order valence-corrected chi connectivity index (χ2v) is 8.96. The first-order valence-electron chi connectivity index (χ1n) is 8.79. The second-order valence-electron chi connectivity index (χ2n) is 6.66. The number of anilines is 1. The maximum atomic E-state index is 13.3. The van der Waals surface area contributed by atoms with E-state index in [1.807, 2.05) is 19.9 Å². The van der Waals surface area contributed by atoms with E-state index in [4.69, 9.17) is 16.3 Å². The number of amides is 1.